The fraction of sp³-hybridized carbons (Fsp3) is 0.278. The normalized spacial score (nSPS) is 14.2. The Bertz CT molecular complexity index is 956. The highest BCUT2D eigenvalue weighted by molar-refractivity contribution is 7.92. The molecule has 0 saturated carbocycles. The van der Waals surface area contributed by atoms with Gasteiger partial charge >= 0.3 is 12.1 Å². The van der Waals surface area contributed by atoms with E-state index in [1.54, 1.807) is 19.1 Å². The van der Waals surface area contributed by atoms with Crippen LogP contribution in [-0.4, -0.2) is 39.8 Å². The predicted octanol–water partition coefficient (Wildman–Crippen LogP) is 2.74. The number of nitrogens with zero attached hydrogens (tertiary/aromatic N) is 1. The van der Waals surface area contributed by atoms with Gasteiger partial charge in [-0.1, -0.05) is 29.8 Å². The van der Waals surface area contributed by atoms with Gasteiger partial charge in [0.15, 0.2) is 0 Å². The van der Waals surface area contributed by atoms with E-state index in [4.69, 9.17) is 0 Å². The third-order valence-electron chi connectivity index (χ3n) is 4.22. The highest BCUT2D eigenvalue weighted by Gasteiger charge is 2.62. The average molecular weight is 417 g/mol. The quantitative estimate of drug-likeness (QED) is 0.757. The number of aliphatic hydroxyl groups is 1. The molecule has 0 aromatic heterocycles. The van der Waals surface area contributed by atoms with E-state index < -0.39 is 33.3 Å². The molecule has 10 heteroatoms. The van der Waals surface area contributed by atoms with E-state index in [0.717, 1.165) is 41.2 Å². The Morgan fingerprint density at radius 2 is 1.54 bits per heavy atom. The summed E-state index contributed by atoms with van der Waals surface area (Å²) in [6.45, 7) is 1.79. The molecule has 28 heavy (non-hydrogen) atoms. The number of halogens is 3. The van der Waals surface area contributed by atoms with Crippen LogP contribution in [0.1, 0.15) is 11.1 Å². The number of ether oxygens (including phenoxy) is 1. The van der Waals surface area contributed by atoms with Crippen LogP contribution in [0, 0.1) is 6.92 Å². The number of alkyl halides is 3. The van der Waals surface area contributed by atoms with Crippen LogP contribution in [0.4, 0.5) is 18.9 Å². The molecule has 1 N–H and O–H groups in total. The molecule has 0 saturated heterocycles. The number of hydrogen-bond donors (Lipinski definition) is 1. The molecule has 0 aliphatic heterocycles. The molecule has 0 aliphatic carbocycles. The fourth-order valence-corrected chi connectivity index (χ4v) is 3.66. The lowest BCUT2D eigenvalue weighted by atomic mass is 9.93. The van der Waals surface area contributed by atoms with Crippen LogP contribution in [0.2, 0.25) is 0 Å². The summed E-state index contributed by atoms with van der Waals surface area (Å²) in [5.74, 6) is -1.90. The first kappa shape index (κ1) is 21.7. The Morgan fingerprint density at radius 1 is 1.04 bits per heavy atom. The van der Waals surface area contributed by atoms with Crippen molar-refractivity contribution in [1.29, 1.82) is 0 Å². The van der Waals surface area contributed by atoms with Crippen LogP contribution in [0.15, 0.2) is 53.4 Å². The Morgan fingerprint density at radius 3 is 1.96 bits per heavy atom. The zero-order valence-electron chi connectivity index (χ0n) is 15.2. The summed E-state index contributed by atoms with van der Waals surface area (Å²) in [6, 6.07) is 9.81. The summed E-state index contributed by atoms with van der Waals surface area (Å²) in [7, 11) is -2.00. The summed E-state index contributed by atoms with van der Waals surface area (Å²) in [6.07, 6.45) is -5.33. The molecule has 0 spiro atoms. The minimum absolute atomic E-state index is 0.00559. The molecule has 0 bridgehead atoms. The van der Waals surface area contributed by atoms with Gasteiger partial charge in [0.2, 0.25) is 0 Å². The van der Waals surface area contributed by atoms with Crippen LogP contribution < -0.4 is 4.31 Å². The largest absolute Gasteiger partial charge is 0.466 e. The number of carbonyl (C=O) groups is 1. The smallest absolute Gasteiger partial charge is 0.432 e. The van der Waals surface area contributed by atoms with E-state index in [-0.39, 0.29) is 10.6 Å². The zero-order chi connectivity index (χ0) is 21.3. The summed E-state index contributed by atoms with van der Waals surface area (Å²) >= 11 is 0. The first-order chi connectivity index (χ1) is 12.9. The number of benzene rings is 2. The van der Waals surface area contributed by atoms with Gasteiger partial charge in [-0.3, -0.25) is 4.31 Å². The Balaban J connectivity index is 2.43. The van der Waals surface area contributed by atoms with Gasteiger partial charge < -0.3 is 9.84 Å². The van der Waals surface area contributed by atoms with Crippen LogP contribution in [-0.2, 0) is 25.2 Å². The average Bonchev–Trinajstić information content (AvgIpc) is 2.65. The van der Waals surface area contributed by atoms with Gasteiger partial charge in [0.1, 0.15) is 0 Å². The highest BCUT2D eigenvalue weighted by atomic mass is 32.2. The Hall–Kier alpha value is -2.59. The molecular weight excluding hydrogens is 399 g/mol. The molecule has 2 aromatic carbocycles. The van der Waals surface area contributed by atoms with Crippen molar-refractivity contribution < 1.29 is 36.2 Å². The molecule has 0 heterocycles. The van der Waals surface area contributed by atoms with Gasteiger partial charge in [-0.15, -0.1) is 0 Å². The SMILES string of the molecule is COC(=O)[C@@](O)(c1ccc(N(C)S(=O)(=O)c2ccc(C)cc2)cc1)C(F)(F)F. The van der Waals surface area contributed by atoms with Gasteiger partial charge in [-0.05, 0) is 31.2 Å². The molecule has 0 fully saturated rings. The second-order valence-electron chi connectivity index (χ2n) is 6.03. The lowest BCUT2D eigenvalue weighted by Crippen LogP contribution is -2.49. The second kappa shape index (κ2) is 7.44. The molecule has 0 aliphatic rings. The minimum Gasteiger partial charge on any atom is -0.466 e. The van der Waals surface area contributed by atoms with Crippen molar-refractivity contribution in [2.24, 2.45) is 0 Å². The number of anilines is 1. The summed E-state index contributed by atoms with van der Waals surface area (Å²) in [5.41, 5.74) is -3.76. The number of carbonyl (C=O) groups excluding carboxylic acids is 1. The number of rotatable bonds is 5. The summed E-state index contributed by atoms with van der Waals surface area (Å²) in [4.78, 5) is 11.6. The molecular formula is C18H18F3NO5S. The van der Waals surface area contributed by atoms with Gasteiger partial charge in [-0.25, -0.2) is 13.2 Å². The monoisotopic (exact) mass is 417 g/mol. The molecule has 1 atom stereocenters. The third-order valence-corrected chi connectivity index (χ3v) is 6.02. The predicted molar refractivity (Wildman–Crippen MR) is 95.2 cm³/mol. The van der Waals surface area contributed by atoms with E-state index in [9.17, 15) is 31.5 Å². The van der Waals surface area contributed by atoms with E-state index in [1.807, 2.05) is 0 Å². The molecule has 6 nitrogen and oxygen atoms in total. The van der Waals surface area contributed by atoms with Gasteiger partial charge in [0.25, 0.3) is 15.6 Å². The van der Waals surface area contributed by atoms with Gasteiger partial charge in [0, 0.05) is 12.6 Å². The van der Waals surface area contributed by atoms with Crippen molar-refractivity contribution in [2.75, 3.05) is 18.5 Å². The van der Waals surface area contributed by atoms with Crippen molar-refractivity contribution in [3.05, 3.63) is 59.7 Å². The lowest BCUT2D eigenvalue weighted by molar-refractivity contribution is -0.266. The van der Waals surface area contributed by atoms with Crippen molar-refractivity contribution in [1.82, 2.24) is 0 Å². The topological polar surface area (TPSA) is 83.9 Å². The Labute approximate surface area is 160 Å². The van der Waals surface area contributed by atoms with Gasteiger partial charge in [0.05, 0.1) is 17.7 Å². The molecule has 152 valence electrons. The second-order valence-corrected chi connectivity index (χ2v) is 8.00. The third kappa shape index (κ3) is 3.69. The number of hydrogen-bond acceptors (Lipinski definition) is 5. The molecule has 2 rings (SSSR count). The van der Waals surface area contributed by atoms with E-state index in [1.165, 1.54) is 19.2 Å². The van der Waals surface area contributed by atoms with Crippen LogP contribution in [0.5, 0.6) is 0 Å². The standard InChI is InChI=1S/C18H18F3NO5S/c1-12-4-10-15(11-5-12)28(25,26)22(2)14-8-6-13(7-9-14)17(24,16(23)27-3)18(19,20)21/h4-11,24H,1-3H3/t17-/m0/s1. The highest BCUT2D eigenvalue weighted by Crippen LogP contribution is 2.40. The lowest BCUT2D eigenvalue weighted by Gasteiger charge is -2.28. The Kier molecular flexibility index (Phi) is 5.77. The zero-order valence-corrected chi connectivity index (χ0v) is 16.0. The molecule has 0 unspecified atom stereocenters. The summed E-state index contributed by atoms with van der Waals surface area (Å²) < 4.78 is 70.1. The number of aryl methyl sites for hydroxylation is 1. The van der Waals surface area contributed by atoms with Crippen molar-refractivity contribution in [3.63, 3.8) is 0 Å². The van der Waals surface area contributed by atoms with E-state index in [2.05, 4.69) is 4.74 Å². The molecule has 0 amide bonds. The van der Waals surface area contributed by atoms with Crippen molar-refractivity contribution >= 4 is 21.7 Å². The van der Waals surface area contributed by atoms with Gasteiger partial charge in [-0.2, -0.15) is 13.2 Å². The van der Waals surface area contributed by atoms with E-state index >= 15 is 0 Å². The van der Waals surface area contributed by atoms with Crippen LogP contribution >= 0.6 is 0 Å². The summed E-state index contributed by atoms with van der Waals surface area (Å²) in [5, 5.41) is 9.95. The minimum atomic E-state index is -5.33. The maximum Gasteiger partial charge on any atom is 0.432 e. The maximum absolute atomic E-state index is 13.3. The molecule has 2 aromatic rings. The number of sulfonamides is 1. The van der Waals surface area contributed by atoms with Crippen molar-refractivity contribution in [3.8, 4) is 0 Å². The maximum atomic E-state index is 13.3. The number of esters is 1. The van der Waals surface area contributed by atoms with E-state index in [0.29, 0.717) is 0 Å². The first-order valence-corrected chi connectivity index (χ1v) is 9.33. The first-order valence-electron chi connectivity index (χ1n) is 7.89. The van der Waals surface area contributed by atoms with Crippen LogP contribution in [0.3, 0.4) is 0 Å². The van der Waals surface area contributed by atoms with Crippen LogP contribution in [0.25, 0.3) is 0 Å². The number of methoxy groups -OCH3 is 1. The fourth-order valence-electron chi connectivity index (χ4n) is 2.46. The van der Waals surface area contributed by atoms with Crippen molar-refractivity contribution in [2.45, 2.75) is 23.6 Å². The molecule has 0 radical (unpaired) electrons.